The van der Waals surface area contributed by atoms with E-state index in [-0.39, 0.29) is 5.38 Å². The van der Waals surface area contributed by atoms with Gasteiger partial charge in [-0.2, -0.15) is 4.68 Å². The first kappa shape index (κ1) is 10.8. The summed E-state index contributed by atoms with van der Waals surface area (Å²) in [7, 11) is 0. The van der Waals surface area contributed by atoms with Crippen molar-refractivity contribution in [2.45, 2.75) is 12.3 Å². The summed E-state index contributed by atoms with van der Waals surface area (Å²) in [4.78, 5) is 0. The maximum absolute atomic E-state index is 5.99. The van der Waals surface area contributed by atoms with Gasteiger partial charge in [-0.1, -0.05) is 12.1 Å². The van der Waals surface area contributed by atoms with Crippen molar-refractivity contribution in [1.29, 1.82) is 0 Å². The monoisotopic (exact) mass is 334 g/mol. The number of aromatic nitrogens is 4. The molecule has 1 unspecified atom stereocenters. The molecule has 0 bridgehead atoms. The molecular formula is C9H8ClIN4. The van der Waals surface area contributed by atoms with Crippen LogP contribution in [0, 0.1) is 3.57 Å². The Hall–Kier alpha value is -0.690. The van der Waals surface area contributed by atoms with Crippen LogP contribution >= 0.6 is 34.2 Å². The van der Waals surface area contributed by atoms with Crippen LogP contribution in [0.3, 0.4) is 0 Å². The topological polar surface area (TPSA) is 43.6 Å². The smallest absolute Gasteiger partial charge is 0.174 e. The SMILES string of the molecule is CC(Cl)c1nnnn1-c1ccccc1I. The molecule has 1 aromatic heterocycles. The Balaban J connectivity index is 2.55. The third-order valence-corrected chi connectivity index (χ3v) is 3.04. The number of benzene rings is 1. The minimum absolute atomic E-state index is 0.212. The summed E-state index contributed by atoms with van der Waals surface area (Å²) in [6.07, 6.45) is 0. The van der Waals surface area contributed by atoms with E-state index in [2.05, 4.69) is 38.1 Å². The first-order valence-corrected chi connectivity index (χ1v) is 5.89. The van der Waals surface area contributed by atoms with Gasteiger partial charge in [-0.05, 0) is 52.1 Å². The van der Waals surface area contributed by atoms with E-state index in [4.69, 9.17) is 11.6 Å². The molecule has 6 heteroatoms. The van der Waals surface area contributed by atoms with Crippen LogP contribution in [0.15, 0.2) is 24.3 Å². The minimum Gasteiger partial charge on any atom is -0.195 e. The molecule has 0 spiro atoms. The van der Waals surface area contributed by atoms with Gasteiger partial charge >= 0.3 is 0 Å². The van der Waals surface area contributed by atoms with Crippen molar-refractivity contribution in [3.8, 4) is 5.69 Å². The standard InChI is InChI=1S/C9H8ClIN4/c1-6(10)9-12-13-14-15(9)8-5-3-2-4-7(8)11/h2-6H,1H3. The van der Waals surface area contributed by atoms with Crippen molar-refractivity contribution in [2.75, 3.05) is 0 Å². The number of para-hydroxylation sites is 1. The number of halogens is 2. The first-order chi connectivity index (χ1) is 7.20. The van der Waals surface area contributed by atoms with Crippen LogP contribution in [-0.4, -0.2) is 20.2 Å². The van der Waals surface area contributed by atoms with Crippen molar-refractivity contribution in [1.82, 2.24) is 20.2 Å². The maximum Gasteiger partial charge on any atom is 0.174 e. The second-order valence-electron chi connectivity index (χ2n) is 3.02. The second-order valence-corrected chi connectivity index (χ2v) is 4.83. The molecular weight excluding hydrogens is 326 g/mol. The van der Waals surface area contributed by atoms with Crippen molar-refractivity contribution in [3.63, 3.8) is 0 Å². The lowest BCUT2D eigenvalue weighted by Crippen LogP contribution is -2.05. The number of tetrazole rings is 1. The van der Waals surface area contributed by atoms with Crippen molar-refractivity contribution in [3.05, 3.63) is 33.7 Å². The van der Waals surface area contributed by atoms with Gasteiger partial charge in [0.15, 0.2) is 5.82 Å². The largest absolute Gasteiger partial charge is 0.195 e. The summed E-state index contributed by atoms with van der Waals surface area (Å²) < 4.78 is 2.75. The Labute approximate surface area is 106 Å². The number of hydrogen-bond donors (Lipinski definition) is 0. The Kier molecular flexibility index (Phi) is 3.20. The second kappa shape index (κ2) is 4.44. The molecule has 4 nitrogen and oxygen atoms in total. The number of hydrogen-bond acceptors (Lipinski definition) is 3. The molecule has 2 aromatic rings. The van der Waals surface area contributed by atoms with Crippen LogP contribution < -0.4 is 0 Å². The average Bonchev–Trinajstić information content (AvgIpc) is 2.67. The van der Waals surface area contributed by atoms with E-state index in [1.807, 2.05) is 31.2 Å². The summed E-state index contributed by atoms with van der Waals surface area (Å²) >= 11 is 8.23. The van der Waals surface area contributed by atoms with Crippen LogP contribution in [0.4, 0.5) is 0 Å². The van der Waals surface area contributed by atoms with E-state index in [9.17, 15) is 0 Å². The third-order valence-electron chi connectivity index (χ3n) is 1.93. The number of nitrogens with zero attached hydrogens (tertiary/aromatic N) is 4. The lowest BCUT2D eigenvalue weighted by molar-refractivity contribution is 0.758. The van der Waals surface area contributed by atoms with Crippen LogP contribution in [0.5, 0.6) is 0 Å². The van der Waals surface area contributed by atoms with Gasteiger partial charge in [0.25, 0.3) is 0 Å². The summed E-state index contributed by atoms with van der Waals surface area (Å²) in [5.41, 5.74) is 0.950. The van der Waals surface area contributed by atoms with E-state index >= 15 is 0 Å². The molecule has 1 atom stereocenters. The van der Waals surface area contributed by atoms with Gasteiger partial charge in [0.2, 0.25) is 0 Å². The summed E-state index contributed by atoms with van der Waals surface area (Å²) in [6, 6.07) is 7.88. The van der Waals surface area contributed by atoms with Gasteiger partial charge in [0.1, 0.15) is 0 Å². The minimum atomic E-state index is -0.212. The zero-order valence-electron chi connectivity index (χ0n) is 7.93. The molecule has 78 valence electrons. The zero-order valence-corrected chi connectivity index (χ0v) is 10.8. The van der Waals surface area contributed by atoms with Gasteiger partial charge in [0.05, 0.1) is 11.1 Å². The summed E-state index contributed by atoms with van der Waals surface area (Å²) in [6.45, 7) is 1.85. The predicted octanol–water partition coefficient (Wildman–Crippen LogP) is 2.57. The van der Waals surface area contributed by atoms with Gasteiger partial charge in [-0.15, -0.1) is 16.7 Å². The Morgan fingerprint density at radius 1 is 1.40 bits per heavy atom. The predicted molar refractivity (Wildman–Crippen MR) is 66.1 cm³/mol. The van der Waals surface area contributed by atoms with Crippen molar-refractivity contribution in [2.24, 2.45) is 0 Å². The van der Waals surface area contributed by atoms with Gasteiger partial charge in [-0.3, -0.25) is 0 Å². The zero-order chi connectivity index (χ0) is 10.8. The molecule has 0 fully saturated rings. The van der Waals surface area contributed by atoms with Gasteiger partial charge in [-0.25, -0.2) is 0 Å². The van der Waals surface area contributed by atoms with Crippen molar-refractivity contribution < 1.29 is 0 Å². The lowest BCUT2D eigenvalue weighted by atomic mass is 10.3. The maximum atomic E-state index is 5.99. The summed E-state index contributed by atoms with van der Waals surface area (Å²) in [5.74, 6) is 0.654. The highest BCUT2D eigenvalue weighted by atomic mass is 127. The average molecular weight is 335 g/mol. The van der Waals surface area contributed by atoms with Crippen LogP contribution in [-0.2, 0) is 0 Å². The van der Waals surface area contributed by atoms with Gasteiger partial charge in [0, 0.05) is 3.57 Å². The molecule has 1 heterocycles. The fourth-order valence-corrected chi connectivity index (χ4v) is 1.99. The number of rotatable bonds is 2. The van der Waals surface area contributed by atoms with Crippen LogP contribution in [0.25, 0.3) is 5.69 Å². The number of alkyl halides is 1. The molecule has 0 saturated heterocycles. The molecule has 0 amide bonds. The fraction of sp³-hybridized carbons (Fsp3) is 0.222. The van der Waals surface area contributed by atoms with Gasteiger partial charge < -0.3 is 0 Å². The highest BCUT2D eigenvalue weighted by molar-refractivity contribution is 14.1. The highest BCUT2D eigenvalue weighted by Gasteiger charge is 2.14. The Morgan fingerprint density at radius 3 is 2.80 bits per heavy atom. The molecule has 1 aromatic carbocycles. The molecule has 0 saturated carbocycles. The first-order valence-electron chi connectivity index (χ1n) is 4.37. The van der Waals surface area contributed by atoms with Crippen molar-refractivity contribution >= 4 is 34.2 Å². The normalized spacial score (nSPS) is 12.7. The molecule has 2 rings (SSSR count). The van der Waals surface area contributed by atoms with E-state index in [1.165, 1.54) is 0 Å². The van der Waals surface area contributed by atoms with E-state index in [0.717, 1.165) is 9.26 Å². The van der Waals surface area contributed by atoms with E-state index in [1.54, 1.807) is 4.68 Å². The fourth-order valence-electron chi connectivity index (χ4n) is 1.24. The molecule has 15 heavy (non-hydrogen) atoms. The Morgan fingerprint density at radius 2 is 2.13 bits per heavy atom. The quantitative estimate of drug-likeness (QED) is 0.626. The highest BCUT2D eigenvalue weighted by Crippen LogP contribution is 2.21. The molecule has 0 aliphatic carbocycles. The Bertz CT molecular complexity index is 469. The van der Waals surface area contributed by atoms with Crippen LogP contribution in [0.1, 0.15) is 18.1 Å². The molecule has 0 N–H and O–H groups in total. The van der Waals surface area contributed by atoms with E-state index in [0.29, 0.717) is 5.82 Å². The van der Waals surface area contributed by atoms with E-state index < -0.39 is 0 Å². The summed E-state index contributed by atoms with van der Waals surface area (Å²) in [5, 5.41) is 11.3. The molecule has 0 aliphatic heterocycles. The molecule has 0 aliphatic rings. The lowest BCUT2D eigenvalue weighted by Gasteiger charge is -2.06. The van der Waals surface area contributed by atoms with Crippen LogP contribution in [0.2, 0.25) is 0 Å². The third kappa shape index (κ3) is 2.12. The molecule has 0 radical (unpaired) electrons.